The summed E-state index contributed by atoms with van der Waals surface area (Å²) >= 11 is 24.1. The lowest BCUT2D eigenvalue weighted by Gasteiger charge is -2.32. The second-order valence-electron chi connectivity index (χ2n) is 15.7. The van der Waals surface area contributed by atoms with E-state index in [0.29, 0.717) is 38.0 Å². The van der Waals surface area contributed by atoms with Gasteiger partial charge in [-0.1, -0.05) is 82.8 Å². The van der Waals surface area contributed by atoms with E-state index in [2.05, 4.69) is 19.7 Å². The van der Waals surface area contributed by atoms with Gasteiger partial charge in [0.1, 0.15) is 0 Å². The van der Waals surface area contributed by atoms with Crippen molar-refractivity contribution in [1.29, 1.82) is 0 Å². The molecule has 2 heterocycles. The second kappa shape index (κ2) is 24.0. The number of anilines is 2. The number of nitrogen functional groups attached to an aromatic ring is 1. The Hall–Kier alpha value is -3.68. The molecule has 2 amide bonds. The summed E-state index contributed by atoms with van der Waals surface area (Å²) in [6.45, 7) is 5.57. The number of nitrogens with two attached hydrogens (primary N) is 3. The van der Waals surface area contributed by atoms with Crippen LogP contribution < -0.4 is 20.7 Å². The molecule has 4 aromatic carbocycles. The van der Waals surface area contributed by atoms with Gasteiger partial charge in [0.2, 0.25) is 21.8 Å². The number of primary sulfonamides is 1. The van der Waals surface area contributed by atoms with Crippen LogP contribution in [0.4, 0.5) is 11.4 Å². The Labute approximate surface area is 391 Å². The molecule has 0 radical (unpaired) electrons. The Morgan fingerprint density at radius 1 is 0.635 bits per heavy atom. The molecule has 344 valence electrons. The van der Waals surface area contributed by atoms with Gasteiger partial charge in [-0.2, -0.15) is 8.42 Å². The van der Waals surface area contributed by atoms with Crippen LogP contribution in [0.1, 0.15) is 60.0 Å². The highest BCUT2D eigenvalue weighted by Gasteiger charge is 2.28. The van der Waals surface area contributed by atoms with Crippen molar-refractivity contribution in [2.75, 3.05) is 70.1 Å². The van der Waals surface area contributed by atoms with Crippen molar-refractivity contribution in [3.05, 3.63) is 127 Å². The van der Waals surface area contributed by atoms with Gasteiger partial charge in [-0.05, 0) is 123 Å². The maximum Gasteiger partial charge on any atom is 0.296 e. The monoisotopic (exact) mass is 984 g/mol. The molecule has 0 spiro atoms. The molecule has 14 nitrogen and oxygen atoms in total. The average molecular weight is 987 g/mol. The number of benzene rings is 4. The van der Waals surface area contributed by atoms with E-state index >= 15 is 0 Å². The lowest BCUT2D eigenvalue weighted by molar-refractivity contribution is -0.132. The zero-order valence-electron chi connectivity index (χ0n) is 35.5. The van der Waals surface area contributed by atoms with Crippen molar-refractivity contribution in [1.82, 2.24) is 19.6 Å². The van der Waals surface area contributed by atoms with Gasteiger partial charge in [-0.15, -0.1) is 0 Å². The SMILES string of the molecule is CN(C(=O)Cc1ccc(Cl)c(Cl)c1)[C@H](CN1CCCC1)c1cccc(N)c1.CN(C(=O)Cc1ccc(Cl)c(Cl)c1)[C@H](CN1CCCC1)c1cccc(NS(N)(=O)=O)c1.CS(N)(=O)=O. The first kappa shape index (κ1) is 51.9. The second-order valence-corrected chi connectivity index (χ2v) is 20.3. The average Bonchev–Trinajstić information content (AvgIpc) is 3.92. The number of carbonyl (C=O) groups is 2. The lowest BCUT2D eigenvalue weighted by Crippen LogP contribution is -2.39. The summed E-state index contributed by atoms with van der Waals surface area (Å²) in [4.78, 5) is 34.4. The Kier molecular flexibility index (Phi) is 19.8. The summed E-state index contributed by atoms with van der Waals surface area (Å²) in [5.41, 5.74) is 10.6. The fraction of sp³-hybridized carbons (Fsp3) is 0.395. The number of nitrogens with zero attached hydrogens (tertiary/aromatic N) is 4. The van der Waals surface area contributed by atoms with Gasteiger partial charge in [-0.25, -0.2) is 18.7 Å². The molecular formula is C43H56Cl4N8O6S2. The third-order valence-electron chi connectivity index (χ3n) is 10.5. The topological polar surface area (TPSA) is 205 Å². The summed E-state index contributed by atoms with van der Waals surface area (Å²) in [7, 11) is -3.43. The van der Waals surface area contributed by atoms with E-state index in [9.17, 15) is 26.4 Å². The van der Waals surface area contributed by atoms with Crippen molar-refractivity contribution >= 4 is 89.8 Å². The van der Waals surface area contributed by atoms with E-state index in [1.54, 1.807) is 60.5 Å². The Balaban J connectivity index is 0.000000252. The number of likely N-dealkylation sites (N-methyl/N-ethyl adjacent to an activating group) is 2. The van der Waals surface area contributed by atoms with Crippen LogP contribution >= 0.6 is 46.4 Å². The summed E-state index contributed by atoms with van der Waals surface area (Å²) in [6, 6.07) is 25.0. The maximum absolute atomic E-state index is 13.1. The molecule has 2 aliphatic heterocycles. The van der Waals surface area contributed by atoms with Crippen LogP contribution in [-0.4, -0.2) is 108 Å². The van der Waals surface area contributed by atoms with Crippen LogP contribution in [-0.2, 0) is 42.7 Å². The van der Waals surface area contributed by atoms with Gasteiger partial charge in [0.25, 0.3) is 10.2 Å². The van der Waals surface area contributed by atoms with Gasteiger partial charge in [0.05, 0.1) is 57.0 Å². The van der Waals surface area contributed by atoms with E-state index in [1.165, 1.54) is 12.8 Å². The zero-order chi connectivity index (χ0) is 46.5. The number of nitrogens with one attached hydrogen (secondary N) is 1. The predicted octanol–water partition coefficient (Wildman–Crippen LogP) is 6.77. The quantitative estimate of drug-likeness (QED) is 0.0984. The summed E-state index contributed by atoms with van der Waals surface area (Å²) < 4.78 is 44.0. The maximum atomic E-state index is 13.1. The van der Waals surface area contributed by atoms with Crippen LogP contribution in [0, 0.1) is 0 Å². The van der Waals surface area contributed by atoms with Gasteiger partial charge < -0.3 is 25.3 Å². The number of hydrogen-bond donors (Lipinski definition) is 4. The molecule has 0 bridgehead atoms. The van der Waals surface area contributed by atoms with E-state index in [0.717, 1.165) is 74.1 Å². The van der Waals surface area contributed by atoms with Gasteiger partial charge in [0, 0.05) is 32.9 Å². The molecule has 0 aliphatic carbocycles. The predicted molar refractivity (Wildman–Crippen MR) is 256 cm³/mol. The molecule has 0 saturated carbocycles. The molecule has 2 aliphatic rings. The number of likely N-dealkylation sites (tertiary alicyclic amines) is 2. The molecule has 7 N–H and O–H groups in total. The minimum Gasteiger partial charge on any atom is -0.399 e. The third kappa shape index (κ3) is 18.0. The molecule has 2 fully saturated rings. The number of amides is 2. The molecular weight excluding hydrogens is 930 g/mol. The Bertz CT molecular complexity index is 2390. The Morgan fingerprint density at radius 3 is 1.41 bits per heavy atom. The number of sulfonamides is 1. The minimum atomic E-state index is -3.89. The van der Waals surface area contributed by atoms with Crippen molar-refractivity contribution in [3.8, 4) is 0 Å². The number of hydrogen-bond acceptors (Lipinski definition) is 9. The highest BCUT2D eigenvalue weighted by molar-refractivity contribution is 7.90. The summed E-state index contributed by atoms with van der Waals surface area (Å²) in [5.74, 6) is -0.0348. The van der Waals surface area contributed by atoms with Crippen molar-refractivity contribution < 1.29 is 26.4 Å². The first-order valence-electron chi connectivity index (χ1n) is 20.1. The molecule has 0 aromatic heterocycles. The van der Waals surface area contributed by atoms with Crippen molar-refractivity contribution in [2.24, 2.45) is 10.3 Å². The third-order valence-corrected chi connectivity index (χ3v) is 12.5. The zero-order valence-corrected chi connectivity index (χ0v) is 40.2. The highest BCUT2D eigenvalue weighted by atomic mass is 35.5. The van der Waals surface area contributed by atoms with E-state index in [1.807, 2.05) is 48.3 Å². The minimum absolute atomic E-state index is 0.0399. The van der Waals surface area contributed by atoms with Gasteiger partial charge in [-0.3, -0.25) is 14.3 Å². The van der Waals surface area contributed by atoms with Crippen molar-refractivity contribution in [3.63, 3.8) is 0 Å². The first-order chi connectivity index (χ1) is 29.6. The van der Waals surface area contributed by atoms with Gasteiger partial charge >= 0.3 is 0 Å². The molecule has 63 heavy (non-hydrogen) atoms. The van der Waals surface area contributed by atoms with Crippen molar-refractivity contribution in [2.45, 2.75) is 50.6 Å². The smallest absolute Gasteiger partial charge is 0.296 e. The van der Waals surface area contributed by atoms with Crippen LogP contribution in [0.2, 0.25) is 20.1 Å². The standard InChI is InChI=1S/C21H26Cl2N4O3S.C21H25Cl2N3O.CH5NO2S/c1-26(21(28)12-15-7-8-18(22)19(23)11-15)20(14-27-9-2-3-10-27)16-5-4-6-17(13-16)25-31(24,29)30;1-25(21(27)12-15-7-8-18(22)19(23)11-15)20(14-26-9-2-3-10-26)16-5-4-6-17(24)13-16;1-5(2,3)4/h4-8,11,13,20,25H,2-3,9-10,12,14H2,1H3,(H2,24,29,30);4-8,11,13,20H,2-3,9-10,12,14,24H2,1H3;1H3,(H2,2,3,4)/t2*20-;/m11./s1. The molecule has 2 saturated heterocycles. The van der Waals surface area contributed by atoms with Crippen LogP contribution in [0.5, 0.6) is 0 Å². The summed E-state index contributed by atoms with van der Waals surface area (Å²) in [5, 5.41) is 11.2. The normalized spacial score (nSPS) is 15.3. The highest BCUT2D eigenvalue weighted by Crippen LogP contribution is 2.29. The van der Waals surface area contributed by atoms with Crippen LogP contribution in [0.3, 0.4) is 0 Å². The molecule has 4 aromatic rings. The summed E-state index contributed by atoms with van der Waals surface area (Å²) in [6.07, 6.45) is 6.08. The molecule has 6 rings (SSSR count). The molecule has 0 unspecified atom stereocenters. The first-order valence-corrected chi connectivity index (χ1v) is 25.1. The lowest BCUT2D eigenvalue weighted by atomic mass is 10.0. The molecule has 2 atom stereocenters. The number of rotatable bonds is 14. The van der Waals surface area contributed by atoms with Crippen LogP contribution in [0.15, 0.2) is 84.9 Å². The Morgan fingerprint density at radius 2 is 1.03 bits per heavy atom. The number of halogens is 4. The fourth-order valence-corrected chi connectivity index (χ4v) is 8.40. The fourth-order valence-electron chi connectivity index (χ4n) is 7.31. The van der Waals surface area contributed by atoms with E-state index in [-0.39, 0.29) is 36.7 Å². The van der Waals surface area contributed by atoms with E-state index in [4.69, 9.17) is 57.3 Å². The van der Waals surface area contributed by atoms with E-state index < -0.39 is 20.2 Å². The number of carbonyl (C=O) groups excluding carboxylic acids is 2. The van der Waals surface area contributed by atoms with Crippen LogP contribution in [0.25, 0.3) is 0 Å². The largest absolute Gasteiger partial charge is 0.399 e. The molecule has 20 heteroatoms. The van der Waals surface area contributed by atoms with Gasteiger partial charge in [0.15, 0.2) is 0 Å².